The maximum Gasteiger partial charge on any atom is 0.259 e. The summed E-state index contributed by atoms with van der Waals surface area (Å²) in [4.78, 5) is 0. The van der Waals surface area contributed by atoms with Crippen molar-refractivity contribution in [1.82, 2.24) is 0 Å². The Bertz CT molecular complexity index is 1230. The number of alkyl halides is 29. The highest BCUT2D eigenvalue weighted by atomic mass is 80.0. The van der Waals surface area contributed by atoms with Gasteiger partial charge in [-0.1, -0.05) is 430 Å². The molecule has 0 unspecified atom stereocenters. The summed E-state index contributed by atoms with van der Waals surface area (Å²) in [6.45, 7) is 0. The van der Waals surface area contributed by atoms with Crippen LogP contribution in [0.25, 0.3) is 0 Å². The highest BCUT2D eigenvalue weighted by Crippen LogP contribution is 2.82. The number of thiol groups is 1. The van der Waals surface area contributed by atoms with Crippen molar-refractivity contribution in [2.75, 3.05) is 0 Å². The minimum Gasteiger partial charge on any atom is -0.239 e. The van der Waals surface area contributed by atoms with E-state index in [-0.39, 0.29) is 0 Å². The predicted molar refractivity (Wildman–Crippen MR) is 309 cm³/mol. The van der Waals surface area contributed by atoms with E-state index in [2.05, 4.69) is 462 Å². The highest BCUT2D eigenvalue weighted by molar-refractivity contribution is 9.42. The molecule has 3 nitrogen and oxygen atoms in total. The molecule has 0 atom stereocenters. The molecule has 0 aliphatic heterocycles. The van der Waals surface area contributed by atoms with Gasteiger partial charge in [-0.3, -0.25) is 0 Å². The normalized spacial score (nSPS) is 17.1. The van der Waals surface area contributed by atoms with Crippen LogP contribution in [0.1, 0.15) is 0 Å². The van der Waals surface area contributed by atoms with Gasteiger partial charge >= 0.3 is 0 Å². The molecule has 33 heteroatoms. The lowest BCUT2D eigenvalue weighted by Crippen LogP contribution is -2.73. The molecule has 284 valence electrons. The van der Waals surface area contributed by atoms with E-state index in [1.807, 2.05) is 0 Å². The standard InChI is InChI=1S/C14HBr29O3S/c15-1(16,3(19,20)5(23,24)7(27,28)9(31,32)11(35,36)13(39,40)41)2(17,18)4(21,22)6(25,26)8(29,30)10(33,34)12(37,38)14(42,43)46-47(44)45/h47H. The van der Waals surface area contributed by atoms with E-state index in [0.717, 1.165) is 0 Å². The molecule has 0 aromatic rings. The smallest absolute Gasteiger partial charge is 0.239 e. The minimum atomic E-state index is -3.32. The van der Waals surface area contributed by atoms with Crippen LogP contribution in [0.4, 0.5) is 0 Å². The first-order chi connectivity index (χ1) is 19.7. The third-order valence-corrected chi connectivity index (χ3v) is 66.7. The van der Waals surface area contributed by atoms with Crippen LogP contribution in [0.5, 0.6) is 0 Å². The highest BCUT2D eigenvalue weighted by Gasteiger charge is 2.83. The van der Waals surface area contributed by atoms with Crippen molar-refractivity contribution in [2.45, 2.75) is 44.4 Å². The van der Waals surface area contributed by atoms with Crippen molar-refractivity contribution in [3.63, 3.8) is 0 Å². The van der Waals surface area contributed by atoms with Crippen molar-refractivity contribution in [3.05, 3.63) is 0 Å². The Morgan fingerprint density at radius 3 is 0.553 bits per heavy atom. The van der Waals surface area contributed by atoms with E-state index < -0.39 is 55.3 Å². The summed E-state index contributed by atoms with van der Waals surface area (Å²) < 4.78 is 9.82. The van der Waals surface area contributed by atoms with Gasteiger partial charge in [0.2, 0.25) is 3.42 Å². The van der Waals surface area contributed by atoms with Crippen LogP contribution in [0.3, 0.4) is 0 Å². The number of halogens is 29. The zero-order chi connectivity index (χ0) is 39.3. The summed E-state index contributed by atoms with van der Waals surface area (Å²) in [5.41, 5.74) is 0. The molecule has 0 aliphatic carbocycles. The molecule has 0 amide bonds. The van der Waals surface area contributed by atoms with Crippen molar-refractivity contribution < 1.29 is 12.6 Å². The SMILES string of the molecule is O=[SH](=O)OC(Br)(Br)C(Br)(Br)C(Br)(Br)C(Br)(Br)C(Br)(Br)C(Br)(Br)C(Br)(Br)C(Br)(Br)C(Br)(Br)C(Br)(Br)C(Br)(Br)C(Br)(Br)C(Br)(Br)C(Br)(Br)Br. The first-order valence-corrected chi connectivity index (χ1v) is 33.6. The molecular weight excluding hydrogens is 2570 g/mol. The summed E-state index contributed by atoms with van der Waals surface area (Å²) >= 11 is 109. The van der Waals surface area contributed by atoms with Gasteiger partial charge in [0.15, 0.2) is 5.38 Å². The minimum absolute atomic E-state index is 0.915. The van der Waals surface area contributed by atoms with Crippen LogP contribution in [0.2, 0.25) is 0 Å². The molecule has 0 aromatic heterocycles. The Kier molecular flexibility index (Phi) is 25.8. The van der Waals surface area contributed by atoms with Crippen molar-refractivity contribution in [1.29, 1.82) is 0 Å². The molecule has 0 rings (SSSR count). The molecular formula is C14HBr29O3S. The molecule has 0 fully saturated rings. The van der Waals surface area contributed by atoms with Crippen molar-refractivity contribution in [2.24, 2.45) is 0 Å². The van der Waals surface area contributed by atoms with Gasteiger partial charge in [0, 0.05) is 0 Å². The molecule has 0 saturated heterocycles. The molecule has 0 spiro atoms. The van der Waals surface area contributed by atoms with Gasteiger partial charge in [-0.25, -0.2) is 12.6 Å². The zero-order valence-corrected chi connectivity index (χ0v) is 66.5. The fraction of sp³-hybridized carbons (Fsp3) is 1.00. The van der Waals surface area contributed by atoms with Gasteiger partial charge in [-0.15, -0.1) is 0 Å². The number of hydrogen-bond acceptors (Lipinski definition) is 3. The van der Waals surface area contributed by atoms with E-state index in [1.54, 1.807) is 0 Å². The maximum atomic E-state index is 11.6. The average molecular weight is 2570 g/mol. The molecule has 0 heterocycles. The molecule has 0 radical (unpaired) electrons. The second-order valence-corrected chi connectivity index (χ2v) is 60.2. The van der Waals surface area contributed by atoms with Crippen LogP contribution < -0.4 is 0 Å². The lowest BCUT2D eigenvalue weighted by atomic mass is 10.0. The van der Waals surface area contributed by atoms with Gasteiger partial charge in [0.05, 0.1) is 0 Å². The van der Waals surface area contributed by atoms with Crippen LogP contribution in [0.15, 0.2) is 0 Å². The monoisotopic (exact) mass is 2540 g/mol. The van der Waals surface area contributed by atoms with Crippen LogP contribution >= 0.6 is 462 Å². The van der Waals surface area contributed by atoms with Gasteiger partial charge in [0.25, 0.3) is 11.0 Å². The Labute approximate surface area is 517 Å². The lowest BCUT2D eigenvalue weighted by Gasteiger charge is -2.61. The fourth-order valence-corrected chi connectivity index (χ4v) is 31.8. The Balaban J connectivity index is 7.57. The number of hydrogen-bond donors (Lipinski definition) is 1. The summed E-state index contributed by atoms with van der Waals surface area (Å²) in [5.74, 6) is 0. The zero-order valence-electron chi connectivity index (χ0n) is 19.6. The average Bonchev–Trinajstić information content (AvgIpc) is 2.80. The molecule has 0 aromatic carbocycles. The Morgan fingerprint density at radius 1 is 0.255 bits per heavy atom. The van der Waals surface area contributed by atoms with Crippen LogP contribution in [-0.4, -0.2) is 52.8 Å². The van der Waals surface area contributed by atoms with E-state index in [1.165, 1.54) is 0 Å². The van der Waals surface area contributed by atoms with Gasteiger partial charge < -0.3 is 0 Å². The first kappa shape index (κ1) is 60.8. The topological polar surface area (TPSA) is 43.4 Å². The Morgan fingerprint density at radius 2 is 0.404 bits per heavy atom. The van der Waals surface area contributed by atoms with E-state index in [0.29, 0.717) is 0 Å². The van der Waals surface area contributed by atoms with Crippen LogP contribution in [-0.2, 0) is 15.2 Å². The first-order valence-electron chi connectivity index (χ1n) is 9.48. The molecule has 0 N–H and O–H groups in total. The van der Waals surface area contributed by atoms with Gasteiger partial charge in [-0.05, 0) is 31.9 Å². The summed E-state index contributed by atoms with van der Waals surface area (Å²) in [7, 11) is -3.32. The largest absolute Gasteiger partial charge is 0.259 e. The second kappa shape index (κ2) is 20.0. The Hall–Kier alpha value is 13.8. The molecule has 0 aliphatic rings. The summed E-state index contributed by atoms with van der Waals surface area (Å²) in [5, 5.41) is 0. The third-order valence-electron chi connectivity index (χ3n) is 5.25. The van der Waals surface area contributed by atoms with Gasteiger partial charge in [-0.2, -0.15) is 0 Å². The lowest BCUT2D eigenvalue weighted by molar-refractivity contribution is 0.270. The molecule has 47 heavy (non-hydrogen) atoms. The molecule has 0 saturated carbocycles. The number of rotatable bonds is 14. The van der Waals surface area contributed by atoms with E-state index in [9.17, 15) is 8.42 Å². The third kappa shape index (κ3) is 10.8. The second-order valence-electron chi connectivity index (χ2n) is 8.22. The van der Waals surface area contributed by atoms with E-state index in [4.69, 9.17) is 4.18 Å². The summed E-state index contributed by atoms with van der Waals surface area (Å²) in [6.07, 6.45) is 0. The maximum absolute atomic E-state index is 11.6. The van der Waals surface area contributed by atoms with Gasteiger partial charge in [0.1, 0.15) is 35.6 Å². The van der Waals surface area contributed by atoms with Crippen molar-refractivity contribution >= 4 is 473 Å². The van der Waals surface area contributed by atoms with Crippen molar-refractivity contribution in [3.8, 4) is 0 Å². The molecule has 0 bridgehead atoms. The summed E-state index contributed by atoms with van der Waals surface area (Å²) in [6, 6.07) is 0. The quantitative estimate of drug-likeness (QED) is 0.139. The van der Waals surface area contributed by atoms with E-state index >= 15 is 0 Å². The fourth-order valence-electron chi connectivity index (χ4n) is 2.48. The van der Waals surface area contributed by atoms with Crippen LogP contribution in [0, 0.1) is 0 Å². The predicted octanol–water partition coefficient (Wildman–Crippen LogP) is 20.6.